The number of ether oxygens (including phenoxy) is 1. The van der Waals surface area contributed by atoms with Crippen LogP contribution in [0.15, 0.2) is 48.8 Å². The molecule has 1 unspecified atom stereocenters. The van der Waals surface area contributed by atoms with Crippen molar-refractivity contribution in [3.05, 3.63) is 64.5 Å². The van der Waals surface area contributed by atoms with Gasteiger partial charge in [0.2, 0.25) is 0 Å². The summed E-state index contributed by atoms with van der Waals surface area (Å²) in [6, 6.07) is 9.60. The normalized spacial score (nSPS) is 11.9. The monoisotopic (exact) mass is 339 g/mol. The molecule has 0 aliphatic carbocycles. The lowest BCUT2D eigenvalue weighted by molar-refractivity contribution is -0.383. The zero-order valence-corrected chi connectivity index (χ0v) is 13.8. The fourth-order valence-corrected chi connectivity index (χ4v) is 2.78. The van der Waals surface area contributed by atoms with Crippen molar-refractivity contribution in [3.8, 4) is 11.5 Å². The Labute approximate surface area is 144 Å². The predicted octanol–water partition coefficient (Wildman–Crippen LogP) is 4.03. The number of methoxy groups -OCH3 is 1. The first-order chi connectivity index (χ1) is 12.0. The summed E-state index contributed by atoms with van der Waals surface area (Å²) in [5, 5.41) is 25.8. The molecule has 3 aromatic rings. The molecule has 1 aromatic heterocycles. The van der Waals surface area contributed by atoms with E-state index in [0.29, 0.717) is 22.1 Å². The first-order valence-electron chi connectivity index (χ1n) is 7.66. The molecule has 0 bridgehead atoms. The van der Waals surface area contributed by atoms with E-state index in [1.54, 1.807) is 43.6 Å². The molecule has 3 rings (SSSR count). The minimum absolute atomic E-state index is 0.00512. The van der Waals surface area contributed by atoms with E-state index in [4.69, 9.17) is 4.74 Å². The number of aromatic nitrogens is 1. The molecular weight excluding hydrogens is 322 g/mol. The third-order valence-corrected chi connectivity index (χ3v) is 4.06. The van der Waals surface area contributed by atoms with Crippen LogP contribution in [0.25, 0.3) is 10.8 Å². The van der Waals surface area contributed by atoms with Crippen LogP contribution in [0.3, 0.4) is 0 Å². The van der Waals surface area contributed by atoms with Crippen LogP contribution in [0.1, 0.15) is 18.5 Å². The number of non-ortho nitro benzene ring substituents is 1. The molecule has 7 nitrogen and oxygen atoms in total. The number of anilines is 1. The van der Waals surface area contributed by atoms with Crippen LogP contribution in [0.2, 0.25) is 0 Å². The van der Waals surface area contributed by atoms with Crippen molar-refractivity contribution in [3.63, 3.8) is 0 Å². The van der Waals surface area contributed by atoms with Crippen LogP contribution in [-0.2, 0) is 0 Å². The van der Waals surface area contributed by atoms with Crippen LogP contribution in [0.4, 0.5) is 11.4 Å². The van der Waals surface area contributed by atoms with E-state index in [1.807, 2.05) is 6.92 Å². The number of nitro groups is 1. The predicted molar refractivity (Wildman–Crippen MR) is 95.1 cm³/mol. The second-order valence-electron chi connectivity index (χ2n) is 5.60. The second-order valence-corrected chi connectivity index (χ2v) is 5.60. The number of phenolic OH excluding ortho intramolecular Hbond substituents is 1. The highest BCUT2D eigenvalue weighted by Gasteiger charge is 2.17. The molecule has 25 heavy (non-hydrogen) atoms. The van der Waals surface area contributed by atoms with Gasteiger partial charge in [-0.2, -0.15) is 0 Å². The molecule has 0 amide bonds. The van der Waals surface area contributed by atoms with E-state index in [9.17, 15) is 15.2 Å². The molecule has 0 aliphatic heterocycles. The number of pyridine rings is 1. The number of nitrogens with one attached hydrogen (secondary N) is 1. The Hall–Kier alpha value is -3.35. The summed E-state index contributed by atoms with van der Waals surface area (Å²) < 4.78 is 5.20. The van der Waals surface area contributed by atoms with Crippen molar-refractivity contribution < 1.29 is 14.8 Å². The largest absolute Gasteiger partial charge is 0.508 e. The Morgan fingerprint density at radius 3 is 2.76 bits per heavy atom. The van der Waals surface area contributed by atoms with Crippen molar-refractivity contribution >= 4 is 22.1 Å². The number of hydrogen-bond acceptors (Lipinski definition) is 6. The fourth-order valence-electron chi connectivity index (χ4n) is 2.78. The number of rotatable bonds is 5. The highest BCUT2D eigenvalue weighted by molar-refractivity contribution is 5.99. The van der Waals surface area contributed by atoms with E-state index < -0.39 is 4.92 Å². The summed E-state index contributed by atoms with van der Waals surface area (Å²) in [4.78, 5) is 14.8. The first kappa shape index (κ1) is 16.5. The van der Waals surface area contributed by atoms with Crippen molar-refractivity contribution in [2.45, 2.75) is 13.0 Å². The molecule has 0 saturated carbocycles. The number of aromatic hydroxyl groups is 1. The molecule has 128 valence electrons. The maximum Gasteiger partial charge on any atom is 0.278 e. The van der Waals surface area contributed by atoms with Crippen LogP contribution in [0.5, 0.6) is 11.5 Å². The van der Waals surface area contributed by atoms with E-state index in [2.05, 4.69) is 10.3 Å². The molecule has 0 saturated heterocycles. The van der Waals surface area contributed by atoms with Gasteiger partial charge in [-0.3, -0.25) is 15.1 Å². The summed E-state index contributed by atoms with van der Waals surface area (Å²) in [7, 11) is 1.56. The maximum atomic E-state index is 11.2. The third kappa shape index (κ3) is 3.16. The zero-order valence-electron chi connectivity index (χ0n) is 13.8. The average molecular weight is 339 g/mol. The van der Waals surface area contributed by atoms with Crippen LogP contribution < -0.4 is 10.1 Å². The molecular formula is C18H17N3O4. The van der Waals surface area contributed by atoms with Crippen molar-refractivity contribution in [1.29, 1.82) is 0 Å². The van der Waals surface area contributed by atoms with Gasteiger partial charge in [0.05, 0.1) is 23.5 Å². The SMILES string of the molecule is COc1ccc(O)c(C(C)Nc2ccc([N+](=O)[O-])c3cnccc23)c1. The zero-order chi connectivity index (χ0) is 18.0. The standard InChI is InChI=1S/C18H17N3O4/c1-11(14-9-12(25-2)3-6-18(14)22)20-16-4-5-17(21(23)24)15-10-19-8-7-13(15)16/h3-11,20,22H,1-2H3. The topological polar surface area (TPSA) is 97.5 Å². The van der Waals surface area contributed by atoms with E-state index >= 15 is 0 Å². The highest BCUT2D eigenvalue weighted by atomic mass is 16.6. The Bertz CT molecular complexity index is 943. The minimum Gasteiger partial charge on any atom is -0.508 e. The van der Waals surface area contributed by atoms with Crippen LogP contribution in [0, 0.1) is 10.1 Å². The number of phenols is 1. The highest BCUT2D eigenvalue weighted by Crippen LogP contribution is 2.35. The summed E-state index contributed by atoms with van der Waals surface area (Å²) in [6.07, 6.45) is 3.07. The van der Waals surface area contributed by atoms with Crippen LogP contribution >= 0.6 is 0 Å². The summed E-state index contributed by atoms with van der Waals surface area (Å²) >= 11 is 0. The van der Waals surface area contributed by atoms with Gasteiger partial charge in [0.25, 0.3) is 5.69 Å². The van der Waals surface area contributed by atoms with Crippen molar-refractivity contribution in [2.24, 2.45) is 0 Å². The molecule has 0 radical (unpaired) electrons. The van der Waals surface area contributed by atoms with Gasteiger partial charge >= 0.3 is 0 Å². The molecule has 0 spiro atoms. The van der Waals surface area contributed by atoms with Crippen LogP contribution in [-0.4, -0.2) is 22.1 Å². The molecule has 0 aliphatic rings. The van der Waals surface area contributed by atoms with Crippen molar-refractivity contribution in [1.82, 2.24) is 4.98 Å². The van der Waals surface area contributed by atoms with Gasteiger partial charge in [-0.1, -0.05) is 0 Å². The van der Waals surface area contributed by atoms with Crippen molar-refractivity contribution in [2.75, 3.05) is 12.4 Å². The third-order valence-electron chi connectivity index (χ3n) is 4.06. The number of nitro benzene ring substituents is 1. The average Bonchev–Trinajstić information content (AvgIpc) is 2.62. The van der Waals surface area contributed by atoms with E-state index in [1.165, 1.54) is 12.3 Å². The molecule has 0 fully saturated rings. The lowest BCUT2D eigenvalue weighted by atomic mass is 10.0. The first-order valence-corrected chi connectivity index (χ1v) is 7.66. The Morgan fingerprint density at radius 1 is 1.24 bits per heavy atom. The lowest BCUT2D eigenvalue weighted by Crippen LogP contribution is -2.08. The second kappa shape index (κ2) is 6.64. The maximum absolute atomic E-state index is 11.2. The number of benzene rings is 2. The van der Waals surface area contributed by atoms with E-state index in [0.717, 1.165) is 5.69 Å². The Morgan fingerprint density at radius 2 is 2.04 bits per heavy atom. The number of hydrogen-bond donors (Lipinski definition) is 2. The fraction of sp³-hybridized carbons (Fsp3) is 0.167. The molecule has 2 N–H and O–H groups in total. The number of fused-ring (bicyclic) bond motifs is 1. The van der Waals surface area contributed by atoms with Gasteiger partial charge < -0.3 is 15.2 Å². The van der Waals surface area contributed by atoms with Gasteiger partial charge in [0.15, 0.2) is 0 Å². The van der Waals surface area contributed by atoms with Gasteiger partial charge in [0, 0.05) is 35.1 Å². The number of nitrogens with zero attached hydrogens (tertiary/aromatic N) is 2. The summed E-state index contributed by atoms with van der Waals surface area (Å²) in [5.41, 5.74) is 1.39. The smallest absolute Gasteiger partial charge is 0.278 e. The molecule has 1 atom stereocenters. The van der Waals surface area contributed by atoms with Gasteiger partial charge in [0.1, 0.15) is 11.5 Å². The summed E-state index contributed by atoms with van der Waals surface area (Å²) in [6.45, 7) is 1.89. The summed E-state index contributed by atoms with van der Waals surface area (Å²) in [5.74, 6) is 0.785. The Balaban J connectivity index is 2.01. The molecule has 1 heterocycles. The minimum atomic E-state index is -0.425. The Kier molecular flexibility index (Phi) is 4.38. The van der Waals surface area contributed by atoms with Gasteiger partial charge in [-0.05, 0) is 37.3 Å². The molecule has 2 aromatic carbocycles. The van der Waals surface area contributed by atoms with Gasteiger partial charge in [-0.15, -0.1) is 0 Å². The lowest BCUT2D eigenvalue weighted by Gasteiger charge is -2.19. The van der Waals surface area contributed by atoms with Gasteiger partial charge in [-0.25, -0.2) is 0 Å². The quantitative estimate of drug-likeness (QED) is 0.538. The molecule has 7 heteroatoms. The van der Waals surface area contributed by atoms with E-state index in [-0.39, 0.29) is 17.5 Å².